The van der Waals surface area contributed by atoms with Gasteiger partial charge in [0.25, 0.3) is 0 Å². The first-order valence-electron chi connectivity index (χ1n) is 8.69. The Bertz CT molecular complexity index is 825. The van der Waals surface area contributed by atoms with Gasteiger partial charge in [0, 0.05) is 10.7 Å². The first kappa shape index (κ1) is 16.4. The second-order valence-electron chi connectivity index (χ2n) is 6.89. The van der Waals surface area contributed by atoms with Crippen LogP contribution in [0.2, 0.25) is 5.02 Å². The molecule has 0 aromatic heterocycles. The molecule has 3 heteroatoms. The molecule has 2 nitrogen and oxygen atoms in total. The zero-order chi connectivity index (χ0) is 17.4. The molecule has 2 aliphatic rings. The lowest BCUT2D eigenvalue weighted by atomic mass is 9.80. The zero-order valence-electron chi connectivity index (χ0n) is 14.5. The minimum Gasteiger partial charge on any atom is -0.378 e. The van der Waals surface area contributed by atoms with Crippen molar-refractivity contribution in [2.45, 2.75) is 38.0 Å². The van der Waals surface area contributed by atoms with E-state index in [2.05, 4.69) is 61.6 Å². The molecule has 0 fully saturated rings. The summed E-state index contributed by atoms with van der Waals surface area (Å²) in [6, 6.07) is 18.5. The minimum atomic E-state index is -0.385. The van der Waals surface area contributed by atoms with Gasteiger partial charge in [-0.15, -0.1) is 0 Å². The minimum absolute atomic E-state index is 0.106. The van der Waals surface area contributed by atoms with Gasteiger partial charge in [-0.3, -0.25) is 0 Å². The molecule has 25 heavy (non-hydrogen) atoms. The number of benzene rings is 2. The smallest absolute Gasteiger partial charge is 0.129 e. The molecule has 0 amide bonds. The largest absolute Gasteiger partial charge is 0.378 e. The fraction of sp³-hybridized carbons (Fsp3) is 0.273. The highest BCUT2D eigenvalue weighted by atomic mass is 35.5. The predicted molar refractivity (Wildman–Crippen MR) is 104 cm³/mol. The van der Waals surface area contributed by atoms with E-state index in [9.17, 15) is 0 Å². The highest BCUT2D eigenvalue weighted by molar-refractivity contribution is 6.30. The van der Waals surface area contributed by atoms with Crippen LogP contribution in [0.5, 0.6) is 0 Å². The standard InChI is InChI=1S/C22H22ClNO/c1-15-16(2)22(13-12-20(15)25-22)21(14-17-6-4-3-5-7-17)24-19-10-8-18(23)9-11-19/h3-13,20-21,24H,14H2,1-2H3/t20?,21-,22?/m1/s1. The number of nitrogens with one attached hydrogen (secondary N) is 1. The maximum atomic E-state index is 6.44. The van der Waals surface area contributed by atoms with E-state index in [0.29, 0.717) is 0 Å². The summed E-state index contributed by atoms with van der Waals surface area (Å²) in [6.45, 7) is 4.37. The molecule has 2 bridgehead atoms. The molecule has 2 aliphatic heterocycles. The summed E-state index contributed by atoms with van der Waals surface area (Å²) in [5, 5.41) is 4.44. The summed E-state index contributed by atoms with van der Waals surface area (Å²) in [7, 11) is 0. The summed E-state index contributed by atoms with van der Waals surface area (Å²) in [5.74, 6) is 0. The zero-order valence-corrected chi connectivity index (χ0v) is 15.3. The van der Waals surface area contributed by atoms with E-state index in [4.69, 9.17) is 16.3 Å². The summed E-state index contributed by atoms with van der Waals surface area (Å²) in [6.07, 6.45) is 5.41. The molecular weight excluding hydrogens is 330 g/mol. The quantitative estimate of drug-likeness (QED) is 0.727. The topological polar surface area (TPSA) is 21.3 Å². The van der Waals surface area contributed by atoms with E-state index in [1.165, 1.54) is 16.7 Å². The summed E-state index contributed by atoms with van der Waals surface area (Å²) in [4.78, 5) is 0. The molecule has 0 aliphatic carbocycles. The van der Waals surface area contributed by atoms with Gasteiger partial charge < -0.3 is 10.1 Å². The van der Waals surface area contributed by atoms with Crippen molar-refractivity contribution >= 4 is 17.3 Å². The monoisotopic (exact) mass is 351 g/mol. The van der Waals surface area contributed by atoms with Crippen LogP contribution < -0.4 is 5.32 Å². The highest BCUT2D eigenvalue weighted by Gasteiger charge is 2.50. The van der Waals surface area contributed by atoms with Crippen LogP contribution in [0, 0.1) is 0 Å². The van der Waals surface area contributed by atoms with Gasteiger partial charge in [-0.25, -0.2) is 0 Å². The van der Waals surface area contributed by atoms with Crippen LogP contribution in [0.3, 0.4) is 0 Å². The van der Waals surface area contributed by atoms with Crippen LogP contribution in [-0.4, -0.2) is 17.7 Å². The number of fused-ring (bicyclic) bond motifs is 2. The van der Waals surface area contributed by atoms with E-state index in [1.807, 2.05) is 24.3 Å². The molecule has 0 saturated heterocycles. The van der Waals surface area contributed by atoms with Crippen molar-refractivity contribution in [1.82, 2.24) is 0 Å². The Kier molecular flexibility index (Phi) is 4.18. The van der Waals surface area contributed by atoms with Crippen molar-refractivity contribution in [1.29, 1.82) is 0 Å². The van der Waals surface area contributed by atoms with Crippen molar-refractivity contribution in [3.8, 4) is 0 Å². The molecule has 2 aromatic rings. The van der Waals surface area contributed by atoms with Crippen LogP contribution in [-0.2, 0) is 11.2 Å². The summed E-state index contributed by atoms with van der Waals surface area (Å²) >= 11 is 6.04. The van der Waals surface area contributed by atoms with Crippen molar-refractivity contribution in [3.05, 3.63) is 88.5 Å². The second kappa shape index (κ2) is 6.36. The lowest BCUT2D eigenvalue weighted by Crippen LogP contribution is -2.47. The fourth-order valence-electron chi connectivity index (χ4n) is 3.85. The normalized spacial score (nSPS) is 25.5. The summed E-state index contributed by atoms with van der Waals surface area (Å²) < 4.78 is 6.44. The second-order valence-corrected chi connectivity index (χ2v) is 7.33. The maximum absolute atomic E-state index is 6.44. The fourth-order valence-corrected chi connectivity index (χ4v) is 3.98. The van der Waals surface area contributed by atoms with Crippen molar-refractivity contribution in [2.75, 3.05) is 5.32 Å². The first-order chi connectivity index (χ1) is 12.1. The third-order valence-electron chi connectivity index (χ3n) is 5.43. The SMILES string of the molecule is CC1=C(C)C2([C@@H](Cc3ccccc3)Nc3ccc(Cl)cc3)C=CC1O2. The van der Waals surface area contributed by atoms with Crippen LogP contribution in [0.4, 0.5) is 5.69 Å². The van der Waals surface area contributed by atoms with E-state index < -0.39 is 0 Å². The number of anilines is 1. The number of halogens is 1. The molecule has 0 saturated carbocycles. The van der Waals surface area contributed by atoms with Gasteiger partial charge in [-0.1, -0.05) is 48.0 Å². The molecular formula is C22H22ClNO. The van der Waals surface area contributed by atoms with Crippen LogP contribution >= 0.6 is 11.6 Å². The van der Waals surface area contributed by atoms with Gasteiger partial charge in [0.15, 0.2) is 0 Å². The molecule has 3 atom stereocenters. The predicted octanol–water partition coefficient (Wildman–Crippen LogP) is 5.41. The van der Waals surface area contributed by atoms with Crippen LogP contribution in [0.1, 0.15) is 19.4 Å². The number of rotatable bonds is 5. The number of ether oxygens (including phenoxy) is 1. The lowest BCUT2D eigenvalue weighted by molar-refractivity contribution is 0.0278. The van der Waals surface area contributed by atoms with Gasteiger partial charge in [0.05, 0.1) is 12.1 Å². The molecule has 4 rings (SSSR count). The summed E-state index contributed by atoms with van der Waals surface area (Å²) in [5.41, 5.74) is 4.61. The Labute approximate surface area is 154 Å². The van der Waals surface area contributed by atoms with Crippen LogP contribution in [0.15, 0.2) is 77.9 Å². The molecule has 2 heterocycles. The molecule has 0 radical (unpaired) electrons. The Morgan fingerprint density at radius 3 is 2.44 bits per heavy atom. The van der Waals surface area contributed by atoms with Gasteiger partial charge in [0.2, 0.25) is 0 Å². The van der Waals surface area contributed by atoms with Gasteiger partial charge in [0.1, 0.15) is 5.60 Å². The van der Waals surface area contributed by atoms with Gasteiger partial charge in [-0.2, -0.15) is 0 Å². The maximum Gasteiger partial charge on any atom is 0.129 e. The molecule has 0 spiro atoms. The molecule has 128 valence electrons. The Morgan fingerprint density at radius 2 is 1.80 bits per heavy atom. The highest BCUT2D eigenvalue weighted by Crippen LogP contribution is 2.46. The van der Waals surface area contributed by atoms with E-state index >= 15 is 0 Å². The Balaban J connectivity index is 1.69. The number of hydrogen-bond donors (Lipinski definition) is 1. The lowest BCUT2D eigenvalue weighted by Gasteiger charge is -2.36. The van der Waals surface area contributed by atoms with Crippen molar-refractivity contribution in [2.24, 2.45) is 0 Å². The average Bonchev–Trinajstić information content (AvgIpc) is 3.17. The molecule has 2 unspecified atom stereocenters. The molecule has 2 aromatic carbocycles. The van der Waals surface area contributed by atoms with Gasteiger partial charge in [-0.05, 0) is 67.3 Å². The van der Waals surface area contributed by atoms with E-state index in [0.717, 1.165) is 17.1 Å². The van der Waals surface area contributed by atoms with Gasteiger partial charge >= 0.3 is 0 Å². The third-order valence-corrected chi connectivity index (χ3v) is 5.68. The van der Waals surface area contributed by atoms with E-state index in [-0.39, 0.29) is 17.7 Å². The van der Waals surface area contributed by atoms with Crippen LogP contribution in [0.25, 0.3) is 0 Å². The van der Waals surface area contributed by atoms with Crippen molar-refractivity contribution in [3.63, 3.8) is 0 Å². The van der Waals surface area contributed by atoms with Crippen molar-refractivity contribution < 1.29 is 4.74 Å². The number of hydrogen-bond acceptors (Lipinski definition) is 2. The molecule has 1 N–H and O–H groups in total. The Hall–Kier alpha value is -2.03. The third kappa shape index (κ3) is 2.90. The Morgan fingerprint density at radius 1 is 1.08 bits per heavy atom. The first-order valence-corrected chi connectivity index (χ1v) is 9.07. The van der Waals surface area contributed by atoms with E-state index in [1.54, 1.807) is 0 Å². The average molecular weight is 352 g/mol.